The van der Waals surface area contributed by atoms with E-state index in [9.17, 15) is 0 Å². The fraction of sp³-hybridized carbons (Fsp3) is 0.524. The van der Waals surface area contributed by atoms with Gasteiger partial charge in [-0.15, -0.1) is 0 Å². The number of rotatable bonds is 5. The molecule has 3 atom stereocenters. The molecule has 0 amide bonds. The molecule has 0 radical (unpaired) electrons. The van der Waals surface area contributed by atoms with Crippen molar-refractivity contribution in [2.75, 3.05) is 13.2 Å². The van der Waals surface area contributed by atoms with Crippen molar-refractivity contribution < 1.29 is 4.74 Å². The zero-order valence-electron chi connectivity index (χ0n) is 16.0. The number of hydrogen-bond acceptors (Lipinski definition) is 5. The highest BCUT2D eigenvalue weighted by atomic mass is 16.5. The number of nitrogens with zero attached hydrogens (tertiary/aromatic N) is 3. The molecule has 0 saturated carbocycles. The Morgan fingerprint density at radius 1 is 1.48 bits per heavy atom. The van der Waals surface area contributed by atoms with Crippen LogP contribution in [0.3, 0.4) is 0 Å². The van der Waals surface area contributed by atoms with Crippen molar-refractivity contribution in [1.29, 1.82) is 0 Å². The first kappa shape index (κ1) is 18.2. The smallest absolute Gasteiger partial charge is 0.148 e. The Balaban J connectivity index is 1.49. The Kier molecular flexibility index (Phi) is 5.55. The second-order valence-electron chi connectivity index (χ2n) is 7.74. The quantitative estimate of drug-likeness (QED) is 0.797. The number of nitrogens with one attached hydrogen (secondary N) is 1. The average molecular weight is 367 g/mol. The molecule has 2 fully saturated rings. The van der Waals surface area contributed by atoms with Crippen LogP contribution >= 0.6 is 0 Å². The molecule has 2 aromatic heterocycles. The van der Waals surface area contributed by atoms with Crippen molar-refractivity contribution in [2.45, 2.75) is 51.4 Å². The summed E-state index contributed by atoms with van der Waals surface area (Å²) < 4.78 is 7.93. The number of nitrogens with two attached hydrogens (primary N) is 1. The largest absolute Gasteiger partial charge is 0.404 e. The van der Waals surface area contributed by atoms with Gasteiger partial charge in [0.1, 0.15) is 11.9 Å². The van der Waals surface area contributed by atoms with Gasteiger partial charge in [-0.25, -0.2) is 4.98 Å². The SMILES string of the molecule is C[C@@H]1CC(Cn2ccc3cc(C(C=NC4CCCCO4)=CN)cnc32)CN1. The summed E-state index contributed by atoms with van der Waals surface area (Å²) in [5, 5.41) is 4.66. The maximum absolute atomic E-state index is 5.86. The summed E-state index contributed by atoms with van der Waals surface area (Å²) in [5.74, 6) is 0.666. The molecule has 2 aliphatic heterocycles. The third-order valence-electron chi connectivity index (χ3n) is 5.55. The fourth-order valence-electron chi connectivity index (χ4n) is 4.05. The van der Waals surface area contributed by atoms with Gasteiger partial charge in [0.25, 0.3) is 0 Å². The van der Waals surface area contributed by atoms with Crippen LogP contribution in [0.2, 0.25) is 0 Å². The first-order valence-electron chi connectivity index (χ1n) is 9.98. The van der Waals surface area contributed by atoms with E-state index in [0.29, 0.717) is 12.0 Å². The van der Waals surface area contributed by atoms with E-state index < -0.39 is 0 Å². The van der Waals surface area contributed by atoms with Gasteiger partial charge in [-0.1, -0.05) is 0 Å². The molecule has 4 rings (SSSR count). The van der Waals surface area contributed by atoms with Crippen LogP contribution in [0, 0.1) is 5.92 Å². The molecule has 2 aliphatic rings. The van der Waals surface area contributed by atoms with Gasteiger partial charge in [0.2, 0.25) is 0 Å². The minimum atomic E-state index is -0.0473. The first-order valence-corrected chi connectivity index (χ1v) is 9.98. The second kappa shape index (κ2) is 8.23. The highest BCUT2D eigenvalue weighted by molar-refractivity contribution is 6.10. The van der Waals surface area contributed by atoms with Gasteiger partial charge in [0.05, 0.1) is 0 Å². The molecular formula is C21H29N5O. The number of pyridine rings is 1. The lowest BCUT2D eigenvalue weighted by Gasteiger charge is -2.18. The number of aromatic nitrogens is 2. The van der Waals surface area contributed by atoms with Crippen molar-refractivity contribution in [1.82, 2.24) is 14.9 Å². The minimum absolute atomic E-state index is 0.0473. The Morgan fingerprint density at radius 2 is 2.41 bits per heavy atom. The number of allylic oxidation sites excluding steroid dienone is 1. The maximum Gasteiger partial charge on any atom is 0.148 e. The van der Waals surface area contributed by atoms with E-state index in [1.807, 2.05) is 12.4 Å². The fourth-order valence-corrected chi connectivity index (χ4v) is 4.05. The van der Waals surface area contributed by atoms with Crippen LogP contribution in [0.1, 0.15) is 38.2 Å². The van der Waals surface area contributed by atoms with Crippen molar-refractivity contribution >= 4 is 22.8 Å². The Bertz CT molecular complexity index is 834. The van der Waals surface area contributed by atoms with Crippen LogP contribution in [0.25, 0.3) is 16.6 Å². The molecule has 2 aromatic rings. The van der Waals surface area contributed by atoms with Gasteiger partial charge in [-0.2, -0.15) is 0 Å². The Morgan fingerprint density at radius 3 is 3.15 bits per heavy atom. The summed E-state index contributed by atoms with van der Waals surface area (Å²) in [7, 11) is 0. The van der Waals surface area contributed by atoms with E-state index in [0.717, 1.165) is 54.7 Å². The molecule has 2 saturated heterocycles. The normalized spacial score (nSPS) is 27.0. The number of ether oxygens (including phenoxy) is 1. The lowest BCUT2D eigenvalue weighted by molar-refractivity contribution is 0.0227. The monoisotopic (exact) mass is 367 g/mol. The molecule has 0 aromatic carbocycles. The predicted octanol–water partition coefficient (Wildman–Crippen LogP) is 2.93. The van der Waals surface area contributed by atoms with Crippen molar-refractivity contribution in [2.24, 2.45) is 16.6 Å². The zero-order valence-corrected chi connectivity index (χ0v) is 16.0. The van der Waals surface area contributed by atoms with E-state index in [-0.39, 0.29) is 6.23 Å². The molecule has 27 heavy (non-hydrogen) atoms. The predicted molar refractivity (Wildman–Crippen MR) is 110 cm³/mol. The Labute approximate surface area is 160 Å². The number of hydrogen-bond donors (Lipinski definition) is 2. The summed E-state index contributed by atoms with van der Waals surface area (Å²) in [6, 6.07) is 4.88. The molecule has 0 bridgehead atoms. The van der Waals surface area contributed by atoms with Gasteiger partial charge in [0.15, 0.2) is 0 Å². The molecule has 2 unspecified atom stereocenters. The second-order valence-corrected chi connectivity index (χ2v) is 7.74. The van der Waals surface area contributed by atoms with E-state index in [2.05, 4.69) is 40.1 Å². The van der Waals surface area contributed by atoms with Crippen LogP contribution in [0.5, 0.6) is 0 Å². The van der Waals surface area contributed by atoms with Crippen molar-refractivity contribution in [3.63, 3.8) is 0 Å². The lowest BCUT2D eigenvalue weighted by atomic mass is 10.1. The van der Waals surface area contributed by atoms with Crippen LogP contribution < -0.4 is 11.1 Å². The van der Waals surface area contributed by atoms with E-state index >= 15 is 0 Å². The highest BCUT2D eigenvalue weighted by Gasteiger charge is 2.21. The molecule has 6 nitrogen and oxygen atoms in total. The number of fused-ring (bicyclic) bond motifs is 1. The van der Waals surface area contributed by atoms with Gasteiger partial charge in [0, 0.05) is 60.5 Å². The van der Waals surface area contributed by atoms with Gasteiger partial charge in [-0.3, -0.25) is 4.99 Å². The van der Waals surface area contributed by atoms with Crippen LogP contribution in [-0.2, 0) is 11.3 Å². The summed E-state index contributed by atoms with van der Waals surface area (Å²) in [6.45, 7) is 5.13. The lowest BCUT2D eigenvalue weighted by Crippen LogP contribution is -2.17. The molecule has 3 N–H and O–H groups in total. The highest BCUT2D eigenvalue weighted by Crippen LogP contribution is 2.23. The molecule has 0 aliphatic carbocycles. The number of aliphatic imine (C=N–C) groups is 1. The Hall–Kier alpha value is -2.18. The van der Waals surface area contributed by atoms with Gasteiger partial charge in [-0.05, 0) is 57.2 Å². The van der Waals surface area contributed by atoms with E-state index in [1.165, 1.54) is 12.8 Å². The summed E-state index contributed by atoms with van der Waals surface area (Å²) in [6.07, 6.45) is 11.9. The summed E-state index contributed by atoms with van der Waals surface area (Å²) >= 11 is 0. The van der Waals surface area contributed by atoms with Crippen LogP contribution in [0.15, 0.2) is 35.7 Å². The standard InChI is InChI=1S/C21H29N5O/c1-15-8-16(11-23-15)14-26-6-5-17-9-18(12-25-21(17)26)19(10-22)13-24-20-4-2-3-7-27-20/h5-6,9-10,12-13,15-16,20,23H,2-4,7-8,11,14,22H2,1H3/t15-,16?,20?/m1/s1. The molecule has 6 heteroatoms. The van der Waals surface area contributed by atoms with Crippen molar-refractivity contribution in [3.8, 4) is 0 Å². The van der Waals surface area contributed by atoms with Crippen LogP contribution in [0.4, 0.5) is 0 Å². The summed E-state index contributed by atoms with van der Waals surface area (Å²) in [5.41, 5.74) is 8.75. The molecular weight excluding hydrogens is 338 g/mol. The van der Waals surface area contributed by atoms with Crippen LogP contribution in [-0.4, -0.2) is 41.2 Å². The molecule has 0 spiro atoms. The topological polar surface area (TPSA) is 77.5 Å². The third-order valence-corrected chi connectivity index (χ3v) is 5.55. The maximum atomic E-state index is 5.86. The van der Waals surface area contributed by atoms with Gasteiger partial charge < -0.3 is 20.4 Å². The van der Waals surface area contributed by atoms with E-state index in [1.54, 1.807) is 6.20 Å². The summed E-state index contributed by atoms with van der Waals surface area (Å²) in [4.78, 5) is 9.28. The first-order chi connectivity index (χ1) is 13.2. The average Bonchev–Trinajstić information content (AvgIpc) is 3.29. The minimum Gasteiger partial charge on any atom is -0.404 e. The van der Waals surface area contributed by atoms with Crippen molar-refractivity contribution in [3.05, 3.63) is 36.3 Å². The third kappa shape index (κ3) is 4.22. The van der Waals surface area contributed by atoms with Gasteiger partial charge >= 0.3 is 0 Å². The zero-order chi connectivity index (χ0) is 18.6. The molecule has 144 valence electrons. The van der Waals surface area contributed by atoms with E-state index in [4.69, 9.17) is 15.5 Å². The molecule has 4 heterocycles.